The fourth-order valence-corrected chi connectivity index (χ4v) is 2.31. The molecule has 128 valence electrons. The second-order valence-electron chi connectivity index (χ2n) is 5.12. The number of benzene rings is 1. The van der Waals surface area contributed by atoms with Crippen molar-refractivity contribution in [2.24, 2.45) is 0 Å². The van der Waals surface area contributed by atoms with Crippen LogP contribution in [0.3, 0.4) is 0 Å². The van der Waals surface area contributed by atoms with Gasteiger partial charge >= 0.3 is 5.97 Å². The molecule has 1 aromatic rings. The summed E-state index contributed by atoms with van der Waals surface area (Å²) in [5, 5.41) is 29.9. The maximum atomic E-state index is 11.1. The van der Waals surface area contributed by atoms with Crippen LogP contribution in [-0.2, 0) is 25.6 Å². The number of carbonyl (C=O) groups is 1. The van der Waals surface area contributed by atoms with Gasteiger partial charge < -0.3 is 29.5 Å². The van der Waals surface area contributed by atoms with Crippen LogP contribution in [0.15, 0.2) is 30.3 Å². The van der Waals surface area contributed by atoms with E-state index < -0.39 is 36.7 Å². The number of rotatable bonds is 6. The minimum absolute atomic E-state index is 0.139. The van der Waals surface area contributed by atoms with Crippen molar-refractivity contribution in [1.29, 1.82) is 0 Å². The molecule has 0 spiro atoms. The van der Waals surface area contributed by atoms with E-state index in [4.69, 9.17) is 25.8 Å². The predicted molar refractivity (Wildman–Crippen MR) is 79.6 cm³/mol. The molecule has 1 aliphatic heterocycles. The molecule has 1 fully saturated rings. The summed E-state index contributed by atoms with van der Waals surface area (Å²) >= 11 is 5.31. The van der Waals surface area contributed by atoms with Gasteiger partial charge in [0.25, 0.3) is 0 Å². The Bertz CT molecular complexity index is 498. The number of carbonyl (C=O) groups excluding carboxylic acids is 1. The highest BCUT2D eigenvalue weighted by atomic mass is 35.5. The van der Waals surface area contributed by atoms with Crippen molar-refractivity contribution in [3.8, 4) is 0 Å². The minimum atomic E-state index is -1.56. The Labute approximate surface area is 138 Å². The van der Waals surface area contributed by atoms with E-state index in [9.17, 15) is 20.1 Å². The quantitative estimate of drug-likeness (QED) is 0.483. The van der Waals surface area contributed by atoms with Gasteiger partial charge in [-0.2, -0.15) is 0 Å². The molecule has 1 aromatic carbocycles. The number of esters is 1. The van der Waals surface area contributed by atoms with E-state index in [0.29, 0.717) is 0 Å². The van der Waals surface area contributed by atoms with E-state index in [0.717, 1.165) is 5.56 Å². The summed E-state index contributed by atoms with van der Waals surface area (Å²) in [4.78, 5) is 11.1. The summed E-state index contributed by atoms with van der Waals surface area (Å²) in [6, 6.07) is 9.17. The van der Waals surface area contributed by atoms with Gasteiger partial charge in [-0.05, 0) is 5.56 Å². The highest BCUT2D eigenvalue weighted by molar-refractivity contribution is 6.26. The van der Waals surface area contributed by atoms with Crippen LogP contribution in [-0.4, -0.2) is 64.5 Å². The minimum Gasteiger partial charge on any atom is -0.462 e. The van der Waals surface area contributed by atoms with Crippen molar-refractivity contribution >= 4 is 17.6 Å². The lowest BCUT2D eigenvalue weighted by molar-refractivity contribution is -0.296. The second-order valence-corrected chi connectivity index (χ2v) is 5.39. The van der Waals surface area contributed by atoms with Crippen LogP contribution in [0.25, 0.3) is 0 Å². The molecule has 1 aliphatic rings. The van der Waals surface area contributed by atoms with E-state index in [1.165, 1.54) is 0 Å². The zero-order valence-corrected chi connectivity index (χ0v) is 13.0. The fraction of sp³-hybridized carbons (Fsp3) is 0.533. The largest absolute Gasteiger partial charge is 0.462 e. The Morgan fingerprint density at radius 1 is 1.17 bits per heavy atom. The van der Waals surface area contributed by atoms with Crippen LogP contribution in [0.2, 0.25) is 0 Å². The van der Waals surface area contributed by atoms with Gasteiger partial charge in [0, 0.05) is 0 Å². The van der Waals surface area contributed by atoms with Crippen LogP contribution in [0, 0.1) is 0 Å². The molecule has 3 N–H and O–H groups in total. The van der Waals surface area contributed by atoms with Crippen molar-refractivity contribution < 1.29 is 34.3 Å². The van der Waals surface area contributed by atoms with Crippen molar-refractivity contribution in [3.63, 3.8) is 0 Å². The Kier molecular flexibility index (Phi) is 6.76. The number of aliphatic hydroxyl groups is 3. The first-order valence-electron chi connectivity index (χ1n) is 7.09. The highest BCUT2D eigenvalue weighted by Crippen LogP contribution is 2.23. The molecule has 5 atom stereocenters. The number of hydrogen-bond acceptors (Lipinski definition) is 7. The summed E-state index contributed by atoms with van der Waals surface area (Å²) < 4.78 is 15.4. The molecule has 0 aliphatic carbocycles. The highest BCUT2D eigenvalue weighted by Gasteiger charge is 2.45. The topological polar surface area (TPSA) is 105 Å². The lowest BCUT2D eigenvalue weighted by Crippen LogP contribution is -2.59. The molecule has 0 amide bonds. The smallest absolute Gasteiger partial charge is 0.320 e. The second kappa shape index (κ2) is 8.58. The van der Waals surface area contributed by atoms with Crippen LogP contribution >= 0.6 is 11.6 Å². The van der Waals surface area contributed by atoms with Crippen molar-refractivity contribution in [2.75, 3.05) is 12.5 Å². The van der Waals surface area contributed by atoms with Gasteiger partial charge in [0.2, 0.25) is 0 Å². The van der Waals surface area contributed by atoms with E-state index >= 15 is 0 Å². The number of aliphatic hydroxyl groups excluding tert-OH is 3. The van der Waals surface area contributed by atoms with Crippen molar-refractivity contribution in [1.82, 2.24) is 0 Å². The van der Waals surface area contributed by atoms with E-state index in [2.05, 4.69) is 0 Å². The summed E-state index contributed by atoms with van der Waals surface area (Å²) in [5.74, 6) is -1.01. The Hall–Kier alpha value is -1.22. The SMILES string of the molecule is O=C(CCl)OC[C@H]1O[C@@H](O)[C@H](O)[C@@H](OCc2ccccc2)[C@H]1O. The third-order valence-corrected chi connectivity index (χ3v) is 3.68. The van der Waals surface area contributed by atoms with Gasteiger partial charge in [0.05, 0.1) is 6.61 Å². The third-order valence-electron chi connectivity index (χ3n) is 3.46. The maximum Gasteiger partial charge on any atom is 0.320 e. The molecule has 0 radical (unpaired) electrons. The summed E-state index contributed by atoms with van der Waals surface area (Å²) in [6.45, 7) is -0.164. The zero-order chi connectivity index (χ0) is 16.8. The van der Waals surface area contributed by atoms with Crippen molar-refractivity contribution in [3.05, 3.63) is 35.9 Å². The van der Waals surface area contributed by atoms with Crippen LogP contribution in [0.4, 0.5) is 0 Å². The molecule has 8 heteroatoms. The molecule has 0 unspecified atom stereocenters. The van der Waals surface area contributed by atoms with Crippen LogP contribution in [0.5, 0.6) is 0 Å². The van der Waals surface area contributed by atoms with Gasteiger partial charge in [-0.1, -0.05) is 30.3 Å². The first-order chi connectivity index (χ1) is 11.0. The molecule has 23 heavy (non-hydrogen) atoms. The predicted octanol–water partition coefficient (Wildman–Crippen LogP) is -0.207. The van der Waals surface area contributed by atoms with Gasteiger partial charge in [0.1, 0.15) is 36.9 Å². The molecule has 7 nitrogen and oxygen atoms in total. The molecule has 0 aromatic heterocycles. The lowest BCUT2D eigenvalue weighted by atomic mass is 9.99. The van der Waals surface area contributed by atoms with Crippen LogP contribution < -0.4 is 0 Å². The molecular formula is C15H19ClO7. The summed E-state index contributed by atoms with van der Waals surface area (Å²) in [5.41, 5.74) is 0.845. The van der Waals surface area contributed by atoms with Gasteiger partial charge in [-0.3, -0.25) is 4.79 Å². The molecule has 1 saturated heterocycles. The molecule has 2 rings (SSSR count). The molecule has 1 heterocycles. The Morgan fingerprint density at radius 3 is 2.52 bits per heavy atom. The number of hydrogen-bond donors (Lipinski definition) is 3. The van der Waals surface area contributed by atoms with Gasteiger partial charge in [-0.15, -0.1) is 11.6 Å². The van der Waals surface area contributed by atoms with Gasteiger partial charge in [-0.25, -0.2) is 0 Å². The van der Waals surface area contributed by atoms with E-state index in [1.54, 1.807) is 0 Å². The summed E-state index contributed by atoms with van der Waals surface area (Å²) in [6.07, 6.45) is -6.37. The average Bonchev–Trinajstić information content (AvgIpc) is 2.57. The van der Waals surface area contributed by atoms with Crippen molar-refractivity contribution in [2.45, 2.75) is 37.3 Å². The summed E-state index contributed by atoms with van der Waals surface area (Å²) in [7, 11) is 0. The zero-order valence-electron chi connectivity index (χ0n) is 12.2. The monoisotopic (exact) mass is 346 g/mol. The van der Waals surface area contributed by atoms with Gasteiger partial charge in [0.15, 0.2) is 6.29 Å². The number of alkyl halides is 1. The third kappa shape index (κ3) is 4.87. The molecule has 0 bridgehead atoms. The van der Waals surface area contributed by atoms with E-state index in [-0.39, 0.29) is 19.1 Å². The maximum absolute atomic E-state index is 11.1. The Morgan fingerprint density at radius 2 is 1.87 bits per heavy atom. The average molecular weight is 347 g/mol. The first-order valence-corrected chi connectivity index (χ1v) is 7.63. The van der Waals surface area contributed by atoms with E-state index in [1.807, 2.05) is 30.3 Å². The standard InChI is InChI=1S/C15H19ClO7/c16-6-11(17)21-8-10-12(18)14(13(19)15(20)23-10)22-7-9-4-2-1-3-5-9/h1-5,10,12-15,18-20H,6-8H2/t10-,12+,13-,14+,15-/m1/s1. The number of ether oxygens (including phenoxy) is 3. The van der Waals surface area contributed by atoms with Crippen LogP contribution in [0.1, 0.15) is 5.56 Å². The number of halogens is 1. The molecule has 0 saturated carbocycles. The molecular weight excluding hydrogens is 328 g/mol. The lowest BCUT2D eigenvalue weighted by Gasteiger charge is -2.40. The first kappa shape index (κ1) is 18.1. The Balaban J connectivity index is 1.96. The fourth-order valence-electron chi connectivity index (χ4n) is 2.23. The normalized spacial score (nSPS) is 30.9.